The maximum Gasteiger partial charge on any atom is 0.124 e. The Morgan fingerprint density at radius 3 is 2.68 bits per heavy atom. The third-order valence-corrected chi connectivity index (χ3v) is 4.85. The first kappa shape index (κ1) is 13.5. The van der Waals surface area contributed by atoms with Gasteiger partial charge in [-0.25, -0.2) is 4.39 Å². The predicted octanol–water partition coefficient (Wildman–Crippen LogP) is 3.33. The molecule has 3 rings (SSSR count). The lowest BCUT2D eigenvalue weighted by atomic mass is 9.98. The number of halogens is 2. The number of benzene rings is 1. The minimum Gasteiger partial charge on any atom is -0.314 e. The highest BCUT2D eigenvalue weighted by Crippen LogP contribution is 2.41. The smallest absolute Gasteiger partial charge is 0.124 e. The quantitative estimate of drug-likeness (QED) is 0.912. The summed E-state index contributed by atoms with van der Waals surface area (Å²) >= 11 is 3.54. The Hall–Kier alpha value is -0.450. The Balaban J connectivity index is 1.83. The fourth-order valence-electron chi connectivity index (χ4n) is 2.91. The summed E-state index contributed by atoms with van der Waals surface area (Å²) in [7, 11) is 0. The van der Waals surface area contributed by atoms with Gasteiger partial charge in [-0.3, -0.25) is 4.90 Å². The van der Waals surface area contributed by atoms with Crippen LogP contribution in [-0.4, -0.2) is 31.1 Å². The third-order valence-electron chi connectivity index (χ3n) is 4.17. The summed E-state index contributed by atoms with van der Waals surface area (Å²) in [5.74, 6) is 0.706. The molecule has 0 amide bonds. The molecule has 1 aliphatic carbocycles. The van der Waals surface area contributed by atoms with Crippen molar-refractivity contribution < 1.29 is 4.39 Å². The first-order chi connectivity index (χ1) is 9.24. The van der Waals surface area contributed by atoms with Crippen LogP contribution >= 0.6 is 15.9 Å². The third kappa shape index (κ3) is 3.36. The minimum atomic E-state index is -0.166. The van der Waals surface area contributed by atoms with Crippen LogP contribution in [0.15, 0.2) is 22.7 Å². The van der Waals surface area contributed by atoms with E-state index in [0.717, 1.165) is 36.6 Å². The molecule has 4 heteroatoms. The molecule has 104 valence electrons. The zero-order valence-corrected chi connectivity index (χ0v) is 12.6. The van der Waals surface area contributed by atoms with Crippen LogP contribution in [0.3, 0.4) is 0 Å². The normalized spacial score (nSPS) is 22.4. The summed E-state index contributed by atoms with van der Waals surface area (Å²) < 4.78 is 14.2. The summed E-state index contributed by atoms with van der Waals surface area (Å²) in [6.45, 7) is 4.28. The van der Waals surface area contributed by atoms with Gasteiger partial charge in [-0.1, -0.05) is 34.8 Å². The lowest BCUT2D eigenvalue weighted by molar-refractivity contribution is 0.160. The van der Waals surface area contributed by atoms with Gasteiger partial charge in [-0.05, 0) is 30.0 Å². The molecule has 19 heavy (non-hydrogen) atoms. The molecule has 2 fully saturated rings. The van der Waals surface area contributed by atoms with Crippen molar-refractivity contribution in [1.82, 2.24) is 10.2 Å². The van der Waals surface area contributed by atoms with E-state index in [0.29, 0.717) is 6.04 Å². The minimum absolute atomic E-state index is 0.166. The summed E-state index contributed by atoms with van der Waals surface area (Å²) in [5.41, 5.74) is 1.25. The lowest BCUT2D eigenvalue weighted by Gasteiger charge is -2.36. The fourth-order valence-corrected chi connectivity index (χ4v) is 3.52. The van der Waals surface area contributed by atoms with Gasteiger partial charge in [0, 0.05) is 36.7 Å². The van der Waals surface area contributed by atoms with Crippen molar-refractivity contribution in [2.45, 2.75) is 25.3 Å². The Morgan fingerprint density at radius 1 is 1.32 bits per heavy atom. The SMILES string of the molecule is Fc1ccc([C@H](CC2CC2)N2CCNCC2)c(Br)c1. The van der Waals surface area contributed by atoms with Crippen LogP contribution in [0.25, 0.3) is 0 Å². The van der Waals surface area contributed by atoms with Crippen LogP contribution in [-0.2, 0) is 0 Å². The number of hydrogen-bond donors (Lipinski definition) is 1. The van der Waals surface area contributed by atoms with E-state index in [9.17, 15) is 4.39 Å². The van der Waals surface area contributed by atoms with Crippen LogP contribution in [0.2, 0.25) is 0 Å². The molecule has 0 bridgehead atoms. The summed E-state index contributed by atoms with van der Waals surface area (Å²) in [5, 5.41) is 3.40. The molecule has 1 aromatic rings. The van der Waals surface area contributed by atoms with Gasteiger partial charge < -0.3 is 5.32 Å². The van der Waals surface area contributed by atoms with Crippen molar-refractivity contribution in [3.8, 4) is 0 Å². The van der Waals surface area contributed by atoms with Crippen molar-refractivity contribution in [3.05, 3.63) is 34.1 Å². The topological polar surface area (TPSA) is 15.3 Å². The predicted molar refractivity (Wildman–Crippen MR) is 78.6 cm³/mol. The first-order valence-corrected chi connectivity index (χ1v) is 7.93. The van der Waals surface area contributed by atoms with Gasteiger partial charge in [0.15, 0.2) is 0 Å². The van der Waals surface area contributed by atoms with Gasteiger partial charge in [0.05, 0.1) is 0 Å². The number of rotatable bonds is 4. The van der Waals surface area contributed by atoms with E-state index in [4.69, 9.17) is 0 Å². The Morgan fingerprint density at radius 2 is 2.05 bits per heavy atom. The van der Waals surface area contributed by atoms with Crippen molar-refractivity contribution >= 4 is 15.9 Å². The number of hydrogen-bond acceptors (Lipinski definition) is 2. The van der Waals surface area contributed by atoms with Crippen LogP contribution in [0.4, 0.5) is 4.39 Å². The summed E-state index contributed by atoms with van der Waals surface area (Å²) in [6, 6.07) is 5.57. The summed E-state index contributed by atoms with van der Waals surface area (Å²) in [4.78, 5) is 2.55. The van der Waals surface area contributed by atoms with Gasteiger partial charge in [-0.15, -0.1) is 0 Å². The van der Waals surface area contributed by atoms with Gasteiger partial charge in [0.1, 0.15) is 5.82 Å². The van der Waals surface area contributed by atoms with E-state index in [1.54, 1.807) is 12.1 Å². The highest BCUT2D eigenvalue weighted by molar-refractivity contribution is 9.10. The average Bonchev–Trinajstić information content (AvgIpc) is 3.22. The second-order valence-corrected chi connectivity index (χ2v) is 6.50. The highest BCUT2D eigenvalue weighted by Gasteiger charge is 2.31. The molecular formula is C15H20BrFN2. The Kier molecular flexibility index (Phi) is 4.20. The van der Waals surface area contributed by atoms with Crippen molar-refractivity contribution in [3.63, 3.8) is 0 Å². The Labute approximate surface area is 122 Å². The van der Waals surface area contributed by atoms with Gasteiger partial charge in [0.2, 0.25) is 0 Å². The van der Waals surface area contributed by atoms with Gasteiger partial charge >= 0.3 is 0 Å². The number of nitrogens with one attached hydrogen (secondary N) is 1. The molecule has 0 aromatic heterocycles. The number of piperazine rings is 1. The fraction of sp³-hybridized carbons (Fsp3) is 0.600. The second kappa shape index (κ2) is 5.90. The highest BCUT2D eigenvalue weighted by atomic mass is 79.9. The molecule has 2 nitrogen and oxygen atoms in total. The standard InChI is InChI=1S/C15H20BrFN2/c16-14-10-12(17)3-4-13(14)15(9-11-1-2-11)19-7-5-18-6-8-19/h3-4,10-11,15,18H,1-2,5-9H2/t15-/m0/s1. The monoisotopic (exact) mass is 326 g/mol. The molecule has 2 aliphatic rings. The molecule has 0 unspecified atom stereocenters. The molecule has 1 saturated carbocycles. The lowest BCUT2D eigenvalue weighted by Crippen LogP contribution is -2.45. The van der Waals surface area contributed by atoms with E-state index in [1.165, 1.54) is 24.8 Å². The molecule has 1 saturated heterocycles. The first-order valence-electron chi connectivity index (χ1n) is 7.14. The maximum atomic E-state index is 13.3. The molecule has 1 N–H and O–H groups in total. The van der Waals surface area contributed by atoms with E-state index < -0.39 is 0 Å². The van der Waals surface area contributed by atoms with E-state index >= 15 is 0 Å². The van der Waals surface area contributed by atoms with E-state index in [1.807, 2.05) is 6.07 Å². The zero-order valence-electron chi connectivity index (χ0n) is 11.0. The molecule has 0 radical (unpaired) electrons. The zero-order chi connectivity index (χ0) is 13.2. The van der Waals surface area contributed by atoms with E-state index in [2.05, 4.69) is 26.1 Å². The van der Waals surface area contributed by atoms with Crippen molar-refractivity contribution in [2.24, 2.45) is 5.92 Å². The van der Waals surface area contributed by atoms with E-state index in [-0.39, 0.29) is 5.82 Å². The van der Waals surface area contributed by atoms with Crippen molar-refractivity contribution in [2.75, 3.05) is 26.2 Å². The molecule has 1 aromatic carbocycles. The van der Waals surface area contributed by atoms with Crippen LogP contribution in [0, 0.1) is 11.7 Å². The van der Waals surface area contributed by atoms with Gasteiger partial charge in [0.25, 0.3) is 0 Å². The van der Waals surface area contributed by atoms with Gasteiger partial charge in [-0.2, -0.15) is 0 Å². The van der Waals surface area contributed by atoms with Crippen molar-refractivity contribution in [1.29, 1.82) is 0 Å². The largest absolute Gasteiger partial charge is 0.314 e. The van der Waals surface area contributed by atoms with Crippen LogP contribution in [0.5, 0.6) is 0 Å². The van der Waals surface area contributed by atoms with Crippen LogP contribution < -0.4 is 5.32 Å². The maximum absolute atomic E-state index is 13.3. The number of nitrogens with zero attached hydrogens (tertiary/aromatic N) is 1. The Bertz CT molecular complexity index is 442. The summed E-state index contributed by atoms with van der Waals surface area (Å²) in [6.07, 6.45) is 3.94. The molecule has 1 atom stereocenters. The molecule has 0 spiro atoms. The molecule has 1 aliphatic heterocycles. The average molecular weight is 327 g/mol. The second-order valence-electron chi connectivity index (χ2n) is 5.65. The molecule has 1 heterocycles. The van der Waals surface area contributed by atoms with Crippen LogP contribution in [0.1, 0.15) is 30.9 Å². The molecular weight excluding hydrogens is 307 g/mol.